The molecule has 11 nitrogen and oxygen atoms in total. The highest BCUT2D eigenvalue weighted by Gasteiger charge is 2.43. The highest BCUT2D eigenvalue weighted by atomic mass is 35.5. The molecule has 2 aliphatic rings. The van der Waals surface area contributed by atoms with Gasteiger partial charge in [-0.25, -0.2) is 4.98 Å². The topological polar surface area (TPSA) is 161 Å². The number of rotatable bonds is 8. The first-order valence-corrected chi connectivity index (χ1v) is 14.1. The maximum atomic E-state index is 13.8. The van der Waals surface area contributed by atoms with Gasteiger partial charge in [0, 0.05) is 36.1 Å². The van der Waals surface area contributed by atoms with Crippen LogP contribution in [0.5, 0.6) is 0 Å². The standard InChI is InChI=1S/C24H30ClFN6O5S/c1-14-6-7-17(11-24(2,35)13-33)32(14)38(36,37)30-21-18-5-3-4-8-31(18)22(20(21)25)23(34)29-15-9-16(12-27)28-19(26)10-15/h9-10,14,17,30,33,35H,3-8,11,13H2,1-2H3,(H,28,29,34). The van der Waals surface area contributed by atoms with Gasteiger partial charge in [-0.2, -0.15) is 22.4 Å². The summed E-state index contributed by atoms with van der Waals surface area (Å²) < 4.78 is 46.6. The molecule has 4 heterocycles. The number of carbonyl (C=O) groups excluding carboxylic acids is 1. The van der Waals surface area contributed by atoms with Gasteiger partial charge in [0.15, 0.2) is 0 Å². The first-order chi connectivity index (χ1) is 17.9. The third kappa shape index (κ3) is 5.64. The van der Waals surface area contributed by atoms with Crippen LogP contribution >= 0.6 is 11.6 Å². The second-order valence-electron chi connectivity index (χ2n) is 10.1. The number of aliphatic hydroxyl groups is 2. The van der Waals surface area contributed by atoms with E-state index in [1.807, 2.05) is 0 Å². The van der Waals surface area contributed by atoms with Gasteiger partial charge in [0.25, 0.3) is 5.91 Å². The molecule has 3 atom stereocenters. The minimum Gasteiger partial charge on any atom is -0.393 e. The van der Waals surface area contributed by atoms with E-state index >= 15 is 0 Å². The molecule has 0 spiro atoms. The molecule has 1 fully saturated rings. The second kappa shape index (κ2) is 10.8. The van der Waals surface area contributed by atoms with Crippen molar-refractivity contribution in [2.45, 2.75) is 76.6 Å². The van der Waals surface area contributed by atoms with Gasteiger partial charge in [-0.15, -0.1) is 0 Å². The zero-order valence-corrected chi connectivity index (χ0v) is 22.6. The Bertz CT molecular complexity index is 1390. The zero-order chi connectivity index (χ0) is 27.8. The Balaban J connectivity index is 1.67. The lowest BCUT2D eigenvalue weighted by Gasteiger charge is -2.32. The lowest BCUT2D eigenvalue weighted by molar-refractivity contribution is -0.0169. The number of pyridine rings is 1. The van der Waals surface area contributed by atoms with Crippen LogP contribution in [0.2, 0.25) is 5.02 Å². The van der Waals surface area contributed by atoms with Crippen LogP contribution in [0.4, 0.5) is 15.8 Å². The SMILES string of the molecule is CC1CCC(CC(C)(O)CO)N1S(=O)(=O)Nc1c(Cl)c(C(=O)Nc2cc(F)nc(C#N)c2)n2c1CCCC2. The first kappa shape index (κ1) is 28.3. The van der Waals surface area contributed by atoms with Crippen molar-refractivity contribution in [2.24, 2.45) is 0 Å². The summed E-state index contributed by atoms with van der Waals surface area (Å²) >= 11 is 6.65. The fourth-order valence-corrected chi connectivity index (χ4v) is 7.41. The molecule has 0 aliphatic carbocycles. The van der Waals surface area contributed by atoms with Crippen molar-refractivity contribution in [2.75, 3.05) is 16.6 Å². The lowest BCUT2D eigenvalue weighted by Crippen LogP contribution is -2.47. The van der Waals surface area contributed by atoms with E-state index in [1.54, 1.807) is 17.6 Å². The molecule has 1 amide bonds. The highest BCUT2D eigenvalue weighted by Crippen LogP contribution is 2.40. The number of hydrogen-bond acceptors (Lipinski definition) is 7. The van der Waals surface area contributed by atoms with E-state index in [-0.39, 0.29) is 40.2 Å². The summed E-state index contributed by atoms with van der Waals surface area (Å²) in [5.41, 5.74) is -0.983. The van der Waals surface area contributed by atoms with Crippen molar-refractivity contribution < 1.29 is 27.8 Å². The molecule has 38 heavy (non-hydrogen) atoms. The Morgan fingerprint density at radius 2 is 2.11 bits per heavy atom. The van der Waals surface area contributed by atoms with Crippen LogP contribution in [-0.2, 0) is 23.2 Å². The number of carbonyl (C=O) groups is 1. The highest BCUT2D eigenvalue weighted by molar-refractivity contribution is 7.90. The Hall–Kier alpha value is -2.76. The predicted octanol–water partition coefficient (Wildman–Crippen LogP) is 2.78. The van der Waals surface area contributed by atoms with Crippen molar-refractivity contribution in [3.05, 3.63) is 40.2 Å². The van der Waals surface area contributed by atoms with Gasteiger partial charge in [0.1, 0.15) is 17.5 Å². The van der Waals surface area contributed by atoms with Gasteiger partial charge in [-0.05, 0) is 58.4 Å². The van der Waals surface area contributed by atoms with E-state index in [2.05, 4.69) is 15.0 Å². The van der Waals surface area contributed by atoms with E-state index in [0.29, 0.717) is 31.5 Å². The van der Waals surface area contributed by atoms with Gasteiger partial charge in [-0.3, -0.25) is 9.52 Å². The maximum Gasteiger partial charge on any atom is 0.302 e. The molecule has 0 bridgehead atoms. The Morgan fingerprint density at radius 1 is 1.37 bits per heavy atom. The number of nitrogens with zero attached hydrogens (tertiary/aromatic N) is 4. The quantitative estimate of drug-likeness (QED) is 0.356. The summed E-state index contributed by atoms with van der Waals surface area (Å²) in [6, 6.07) is 3.00. The Morgan fingerprint density at radius 3 is 2.79 bits per heavy atom. The number of fused-ring (bicyclic) bond motifs is 1. The van der Waals surface area contributed by atoms with Crippen LogP contribution in [-0.4, -0.2) is 62.7 Å². The summed E-state index contributed by atoms with van der Waals surface area (Å²) in [5, 5.41) is 31.3. The van der Waals surface area contributed by atoms with Crippen LogP contribution in [0.25, 0.3) is 0 Å². The Kier molecular flexibility index (Phi) is 8.02. The minimum absolute atomic E-state index is 0.00766. The average molecular weight is 569 g/mol. The third-order valence-corrected chi connectivity index (χ3v) is 9.02. The smallest absolute Gasteiger partial charge is 0.302 e. The molecule has 14 heteroatoms. The van der Waals surface area contributed by atoms with Crippen molar-refractivity contribution in [1.29, 1.82) is 5.26 Å². The molecular weight excluding hydrogens is 539 g/mol. The number of nitriles is 1. The molecule has 206 valence electrons. The van der Waals surface area contributed by atoms with Crippen LogP contribution in [0.15, 0.2) is 12.1 Å². The van der Waals surface area contributed by atoms with Gasteiger partial charge in [0.2, 0.25) is 5.95 Å². The van der Waals surface area contributed by atoms with Gasteiger partial charge < -0.3 is 20.1 Å². The molecule has 1 saturated heterocycles. The van der Waals surface area contributed by atoms with E-state index in [1.165, 1.54) is 17.3 Å². The molecule has 0 aromatic carbocycles. The van der Waals surface area contributed by atoms with E-state index in [9.17, 15) is 27.8 Å². The fourth-order valence-electron chi connectivity index (χ4n) is 5.27. The molecular formula is C24H30ClFN6O5S. The molecule has 2 aromatic rings. The zero-order valence-electron chi connectivity index (χ0n) is 21.0. The normalized spacial score (nSPS) is 21.4. The number of aromatic nitrogens is 2. The summed E-state index contributed by atoms with van der Waals surface area (Å²) in [7, 11) is -4.17. The third-order valence-electron chi connectivity index (χ3n) is 6.98. The monoisotopic (exact) mass is 568 g/mol. The summed E-state index contributed by atoms with van der Waals surface area (Å²) in [6.45, 7) is 3.14. The van der Waals surface area contributed by atoms with E-state index in [4.69, 9.17) is 16.9 Å². The average Bonchev–Trinajstić information content (AvgIpc) is 3.35. The number of aliphatic hydroxyl groups excluding tert-OH is 1. The second-order valence-corrected chi connectivity index (χ2v) is 12.1. The largest absolute Gasteiger partial charge is 0.393 e. The first-order valence-electron chi connectivity index (χ1n) is 12.3. The number of amides is 1. The van der Waals surface area contributed by atoms with Crippen LogP contribution < -0.4 is 10.0 Å². The van der Waals surface area contributed by atoms with E-state index < -0.39 is 40.3 Å². The molecule has 3 unspecified atom stereocenters. The van der Waals surface area contributed by atoms with Crippen molar-refractivity contribution in [3.63, 3.8) is 0 Å². The molecule has 0 saturated carbocycles. The molecule has 2 aliphatic heterocycles. The van der Waals surface area contributed by atoms with Crippen molar-refractivity contribution in [1.82, 2.24) is 13.9 Å². The number of halogens is 2. The van der Waals surface area contributed by atoms with Crippen LogP contribution in [0, 0.1) is 17.3 Å². The summed E-state index contributed by atoms with van der Waals surface area (Å²) in [6.07, 6.45) is 3.13. The van der Waals surface area contributed by atoms with Gasteiger partial charge in [0.05, 0.1) is 22.9 Å². The van der Waals surface area contributed by atoms with Crippen molar-refractivity contribution >= 4 is 39.1 Å². The Labute approximate surface area is 225 Å². The molecule has 0 radical (unpaired) electrons. The maximum absolute atomic E-state index is 13.8. The van der Waals surface area contributed by atoms with Crippen LogP contribution in [0.3, 0.4) is 0 Å². The fraction of sp³-hybridized carbons (Fsp3) is 0.542. The molecule has 4 N–H and O–H groups in total. The van der Waals surface area contributed by atoms with E-state index in [0.717, 1.165) is 18.9 Å². The number of nitrogens with one attached hydrogen (secondary N) is 2. The molecule has 2 aromatic heterocycles. The van der Waals surface area contributed by atoms with Gasteiger partial charge in [-0.1, -0.05) is 11.6 Å². The lowest BCUT2D eigenvalue weighted by atomic mass is 9.97. The van der Waals surface area contributed by atoms with Crippen molar-refractivity contribution in [3.8, 4) is 6.07 Å². The van der Waals surface area contributed by atoms with Gasteiger partial charge >= 0.3 is 10.2 Å². The number of anilines is 2. The predicted molar refractivity (Wildman–Crippen MR) is 138 cm³/mol. The minimum atomic E-state index is -4.17. The number of hydrogen-bond donors (Lipinski definition) is 4. The summed E-state index contributed by atoms with van der Waals surface area (Å²) in [5.74, 6) is -1.63. The molecule has 4 rings (SSSR count). The summed E-state index contributed by atoms with van der Waals surface area (Å²) in [4.78, 5) is 16.7. The van der Waals surface area contributed by atoms with Crippen LogP contribution in [0.1, 0.15) is 67.8 Å².